The van der Waals surface area contributed by atoms with E-state index in [0.29, 0.717) is 22.1 Å². The zero-order chi connectivity index (χ0) is 20.3. The average molecular weight is 404 g/mol. The first-order valence-electron chi connectivity index (χ1n) is 8.58. The van der Waals surface area contributed by atoms with Crippen molar-refractivity contribution in [3.05, 3.63) is 39.8 Å². The average Bonchev–Trinajstić information content (AvgIpc) is 3.25. The summed E-state index contributed by atoms with van der Waals surface area (Å²) in [6, 6.07) is 4.55. The van der Waals surface area contributed by atoms with E-state index in [1.54, 1.807) is 6.07 Å². The van der Waals surface area contributed by atoms with Gasteiger partial charge in [-0.1, -0.05) is 0 Å². The molecular formula is C19H20N2O6S. The first-order chi connectivity index (χ1) is 13.4. The molecule has 148 valence electrons. The highest BCUT2D eigenvalue weighted by molar-refractivity contribution is 7.17. The number of carbonyl (C=O) groups is 3. The summed E-state index contributed by atoms with van der Waals surface area (Å²) in [6.45, 7) is -0.492. The normalized spacial score (nSPS) is 12.2. The Kier molecular flexibility index (Phi) is 5.84. The van der Waals surface area contributed by atoms with Crippen LogP contribution in [0.1, 0.15) is 37.6 Å². The molecular weight excluding hydrogens is 384 g/mol. The van der Waals surface area contributed by atoms with Crippen molar-refractivity contribution in [2.45, 2.75) is 19.3 Å². The molecule has 3 N–H and O–H groups in total. The van der Waals surface area contributed by atoms with Gasteiger partial charge in [0, 0.05) is 4.88 Å². The summed E-state index contributed by atoms with van der Waals surface area (Å²) in [7, 11) is 2.94. The van der Waals surface area contributed by atoms with Crippen LogP contribution in [0.25, 0.3) is 0 Å². The summed E-state index contributed by atoms with van der Waals surface area (Å²) in [6.07, 6.45) is 2.61. The lowest BCUT2D eigenvalue weighted by Gasteiger charge is -2.10. The summed E-state index contributed by atoms with van der Waals surface area (Å²) in [5.74, 6) is -0.949. The molecule has 0 saturated heterocycles. The van der Waals surface area contributed by atoms with Gasteiger partial charge < -0.3 is 25.3 Å². The maximum absolute atomic E-state index is 12.2. The third-order valence-corrected chi connectivity index (χ3v) is 5.58. The number of aryl methyl sites for hydroxylation is 1. The summed E-state index contributed by atoms with van der Waals surface area (Å²) < 4.78 is 15.3. The van der Waals surface area contributed by atoms with Gasteiger partial charge in [0.15, 0.2) is 18.1 Å². The first-order valence-corrected chi connectivity index (χ1v) is 9.39. The van der Waals surface area contributed by atoms with E-state index < -0.39 is 24.4 Å². The number of amides is 2. The number of benzene rings is 1. The predicted octanol–water partition coefficient (Wildman–Crippen LogP) is 2.15. The van der Waals surface area contributed by atoms with Gasteiger partial charge in [0.1, 0.15) is 5.00 Å². The summed E-state index contributed by atoms with van der Waals surface area (Å²) in [5.41, 5.74) is 6.96. The van der Waals surface area contributed by atoms with E-state index >= 15 is 0 Å². The molecule has 1 aromatic heterocycles. The molecule has 28 heavy (non-hydrogen) atoms. The zero-order valence-corrected chi connectivity index (χ0v) is 16.3. The smallest absolute Gasteiger partial charge is 0.338 e. The summed E-state index contributed by atoms with van der Waals surface area (Å²) in [4.78, 5) is 37.2. The van der Waals surface area contributed by atoms with E-state index in [0.717, 1.165) is 29.7 Å². The Balaban J connectivity index is 1.64. The van der Waals surface area contributed by atoms with Gasteiger partial charge in [-0.25, -0.2) is 4.79 Å². The van der Waals surface area contributed by atoms with Gasteiger partial charge in [0.05, 0.1) is 25.3 Å². The minimum Gasteiger partial charge on any atom is -0.493 e. The number of methoxy groups -OCH3 is 2. The Morgan fingerprint density at radius 3 is 2.57 bits per heavy atom. The van der Waals surface area contributed by atoms with Crippen molar-refractivity contribution in [1.82, 2.24) is 0 Å². The van der Waals surface area contributed by atoms with Gasteiger partial charge in [0.25, 0.3) is 11.8 Å². The van der Waals surface area contributed by atoms with Gasteiger partial charge in [-0.15, -0.1) is 11.3 Å². The molecule has 1 aliphatic rings. The third kappa shape index (κ3) is 3.94. The Morgan fingerprint density at radius 1 is 1.14 bits per heavy atom. The van der Waals surface area contributed by atoms with Crippen molar-refractivity contribution in [1.29, 1.82) is 0 Å². The van der Waals surface area contributed by atoms with E-state index in [-0.39, 0.29) is 5.56 Å². The Hall–Kier alpha value is -3.07. The molecule has 0 bridgehead atoms. The monoisotopic (exact) mass is 404 g/mol. The lowest BCUT2D eigenvalue weighted by atomic mass is 10.1. The molecule has 0 atom stereocenters. The molecule has 1 aliphatic carbocycles. The lowest BCUT2D eigenvalue weighted by molar-refractivity contribution is -0.119. The second-order valence-corrected chi connectivity index (χ2v) is 7.22. The van der Waals surface area contributed by atoms with Crippen LogP contribution in [0.5, 0.6) is 11.5 Å². The second kappa shape index (κ2) is 8.30. The summed E-state index contributed by atoms with van der Waals surface area (Å²) in [5, 5.41) is 3.03. The van der Waals surface area contributed by atoms with Gasteiger partial charge >= 0.3 is 5.97 Å². The van der Waals surface area contributed by atoms with E-state index in [4.69, 9.17) is 19.9 Å². The summed E-state index contributed by atoms with van der Waals surface area (Å²) >= 11 is 1.34. The number of hydrogen-bond acceptors (Lipinski definition) is 7. The fourth-order valence-corrected chi connectivity index (χ4v) is 4.40. The number of anilines is 1. The molecule has 0 aliphatic heterocycles. The minimum atomic E-state index is -0.681. The third-order valence-electron chi connectivity index (χ3n) is 4.37. The second-order valence-electron chi connectivity index (χ2n) is 6.12. The van der Waals surface area contributed by atoms with Gasteiger partial charge in [-0.3, -0.25) is 9.59 Å². The van der Waals surface area contributed by atoms with Crippen LogP contribution in [-0.2, 0) is 22.4 Å². The molecule has 3 rings (SSSR count). The minimum absolute atomic E-state index is 0.221. The van der Waals surface area contributed by atoms with Gasteiger partial charge in [0.2, 0.25) is 0 Å². The number of carbonyl (C=O) groups excluding carboxylic acids is 3. The molecule has 1 aromatic carbocycles. The highest BCUT2D eigenvalue weighted by Crippen LogP contribution is 2.38. The quantitative estimate of drug-likeness (QED) is 0.683. The van der Waals surface area contributed by atoms with E-state index in [1.807, 2.05) is 0 Å². The molecule has 8 nitrogen and oxygen atoms in total. The van der Waals surface area contributed by atoms with Gasteiger partial charge in [-0.2, -0.15) is 0 Å². The van der Waals surface area contributed by atoms with Crippen molar-refractivity contribution < 1.29 is 28.6 Å². The van der Waals surface area contributed by atoms with Crippen LogP contribution in [0.3, 0.4) is 0 Å². The number of thiophene rings is 1. The molecule has 0 fully saturated rings. The molecule has 1 heterocycles. The van der Waals surface area contributed by atoms with Crippen LogP contribution in [0.4, 0.5) is 5.00 Å². The van der Waals surface area contributed by atoms with Crippen LogP contribution in [-0.4, -0.2) is 38.6 Å². The van der Waals surface area contributed by atoms with Gasteiger partial charge in [-0.05, 0) is 43.0 Å². The van der Waals surface area contributed by atoms with Crippen molar-refractivity contribution in [3.63, 3.8) is 0 Å². The number of primary amides is 1. The van der Waals surface area contributed by atoms with Crippen LogP contribution in [0, 0.1) is 0 Å². The Bertz CT molecular complexity index is 937. The van der Waals surface area contributed by atoms with E-state index in [9.17, 15) is 14.4 Å². The van der Waals surface area contributed by atoms with Crippen LogP contribution < -0.4 is 20.5 Å². The van der Waals surface area contributed by atoms with Crippen molar-refractivity contribution >= 4 is 34.1 Å². The maximum Gasteiger partial charge on any atom is 0.338 e. The molecule has 0 spiro atoms. The standard InChI is InChI=1S/C19H20N2O6S/c1-25-12-7-6-10(8-13(12)26-2)19(24)27-9-15(22)21-18-16(17(20)23)11-4-3-5-14(11)28-18/h6-8H,3-5,9H2,1-2H3,(H2,20,23)(H,21,22). The number of ether oxygens (including phenoxy) is 3. The number of nitrogens with one attached hydrogen (secondary N) is 1. The van der Waals surface area contributed by atoms with Crippen LogP contribution in [0.2, 0.25) is 0 Å². The first kappa shape index (κ1) is 19.7. The zero-order valence-electron chi connectivity index (χ0n) is 15.5. The van der Waals surface area contributed by atoms with E-state index in [2.05, 4.69) is 5.32 Å². The highest BCUT2D eigenvalue weighted by Gasteiger charge is 2.26. The van der Waals surface area contributed by atoms with Crippen LogP contribution >= 0.6 is 11.3 Å². The SMILES string of the molecule is COc1ccc(C(=O)OCC(=O)Nc2sc3c(c2C(N)=O)CCC3)cc1OC. The molecule has 2 amide bonds. The maximum atomic E-state index is 12.2. The van der Waals surface area contributed by atoms with E-state index in [1.165, 1.54) is 37.7 Å². The highest BCUT2D eigenvalue weighted by atomic mass is 32.1. The van der Waals surface area contributed by atoms with Crippen molar-refractivity contribution in [3.8, 4) is 11.5 Å². The number of esters is 1. The molecule has 0 radical (unpaired) electrons. The Morgan fingerprint density at radius 2 is 1.89 bits per heavy atom. The topological polar surface area (TPSA) is 117 Å². The lowest BCUT2D eigenvalue weighted by Crippen LogP contribution is -2.22. The molecule has 0 unspecified atom stereocenters. The fourth-order valence-electron chi connectivity index (χ4n) is 3.09. The largest absolute Gasteiger partial charge is 0.493 e. The molecule has 0 saturated carbocycles. The molecule has 9 heteroatoms. The number of rotatable bonds is 7. The predicted molar refractivity (Wildman–Crippen MR) is 103 cm³/mol. The van der Waals surface area contributed by atoms with Crippen LogP contribution in [0.15, 0.2) is 18.2 Å². The van der Waals surface area contributed by atoms with Crippen molar-refractivity contribution in [2.24, 2.45) is 5.73 Å². The molecule has 2 aromatic rings. The number of fused-ring (bicyclic) bond motifs is 1. The van der Waals surface area contributed by atoms with Crippen molar-refractivity contribution in [2.75, 3.05) is 26.1 Å². The number of hydrogen-bond donors (Lipinski definition) is 2. The fraction of sp³-hybridized carbons (Fsp3) is 0.316. The Labute approximate surface area is 165 Å². The number of nitrogens with two attached hydrogens (primary N) is 1.